The minimum atomic E-state index is -1.44. The van der Waals surface area contributed by atoms with Crippen LogP contribution in [-0.4, -0.2) is 58.1 Å². The van der Waals surface area contributed by atoms with Gasteiger partial charge in [0.2, 0.25) is 12.3 Å². The predicted octanol–water partition coefficient (Wildman–Crippen LogP) is -3.24. The van der Waals surface area contributed by atoms with Crippen molar-refractivity contribution < 1.29 is 33.7 Å². The van der Waals surface area contributed by atoms with Crippen LogP contribution < -0.4 is 20.8 Å². The molecule has 0 spiro atoms. The number of hydrogen-bond acceptors (Lipinski definition) is 8. The Labute approximate surface area is 157 Å². The fourth-order valence-electron chi connectivity index (χ4n) is 3.10. The summed E-state index contributed by atoms with van der Waals surface area (Å²) in [6.45, 7) is 0.755. The van der Waals surface area contributed by atoms with E-state index in [0.29, 0.717) is 30.0 Å². The maximum atomic E-state index is 12.0. The van der Waals surface area contributed by atoms with Crippen molar-refractivity contribution in [2.75, 3.05) is 17.7 Å². The van der Waals surface area contributed by atoms with Crippen molar-refractivity contribution in [1.29, 1.82) is 0 Å². The van der Waals surface area contributed by atoms with Gasteiger partial charge in [0.25, 0.3) is 6.47 Å². The summed E-state index contributed by atoms with van der Waals surface area (Å²) in [6.07, 6.45) is 2.15. The predicted molar refractivity (Wildman–Crippen MR) is 89.4 cm³/mol. The van der Waals surface area contributed by atoms with Gasteiger partial charge in [-0.1, -0.05) is 0 Å². The zero-order valence-electron chi connectivity index (χ0n) is 14.1. The molecule has 1 fully saturated rings. The molecule has 1 saturated heterocycles. The second kappa shape index (κ2) is 7.80. The lowest BCUT2D eigenvalue weighted by atomic mass is 10.0. The first-order chi connectivity index (χ1) is 13.0. The van der Waals surface area contributed by atoms with Gasteiger partial charge in [-0.2, -0.15) is 0 Å². The highest BCUT2D eigenvalue weighted by Crippen LogP contribution is 2.39. The summed E-state index contributed by atoms with van der Waals surface area (Å²) in [5.74, 6) is -1.08. The lowest BCUT2D eigenvalue weighted by Crippen LogP contribution is -2.69. The van der Waals surface area contributed by atoms with Crippen molar-refractivity contribution in [3.63, 3.8) is 0 Å². The molecule has 0 unspecified atom stereocenters. The number of amides is 2. The SMILES string of the molecule is N[C@@H]1C(=O)N2C(C(=O)[O-])=C(C[n+]3ccc(NC=O)n3CCOC=O)CS[C@H]12. The number of anilines is 1. The van der Waals surface area contributed by atoms with E-state index in [1.807, 2.05) is 0 Å². The van der Waals surface area contributed by atoms with Crippen molar-refractivity contribution in [2.24, 2.45) is 5.73 Å². The first-order valence-corrected chi connectivity index (χ1v) is 9.02. The molecule has 0 radical (unpaired) electrons. The monoisotopic (exact) mass is 395 g/mol. The zero-order chi connectivity index (χ0) is 19.6. The fraction of sp³-hybridized carbons (Fsp3) is 0.400. The number of aromatic nitrogens is 2. The molecule has 0 bridgehead atoms. The van der Waals surface area contributed by atoms with Crippen LogP contribution in [0.25, 0.3) is 0 Å². The first kappa shape index (κ1) is 18.9. The third-order valence-electron chi connectivity index (χ3n) is 4.32. The van der Waals surface area contributed by atoms with Gasteiger partial charge in [-0.25, -0.2) is 0 Å². The Hall–Kier alpha value is -2.86. The Morgan fingerprint density at radius 2 is 2.30 bits per heavy atom. The van der Waals surface area contributed by atoms with Crippen LogP contribution in [0.1, 0.15) is 0 Å². The van der Waals surface area contributed by atoms with Gasteiger partial charge < -0.3 is 25.7 Å². The number of nitrogens with zero attached hydrogens (tertiary/aromatic N) is 3. The van der Waals surface area contributed by atoms with Crippen molar-refractivity contribution in [1.82, 2.24) is 9.58 Å². The van der Waals surface area contributed by atoms with Crippen LogP contribution >= 0.6 is 11.8 Å². The first-order valence-electron chi connectivity index (χ1n) is 7.98. The number of fused-ring (bicyclic) bond motifs is 1. The summed E-state index contributed by atoms with van der Waals surface area (Å²) >= 11 is 1.38. The third-order valence-corrected chi connectivity index (χ3v) is 5.68. The Kier molecular flexibility index (Phi) is 5.46. The number of hydrogen-bond donors (Lipinski definition) is 2. The van der Waals surface area contributed by atoms with E-state index in [0.717, 1.165) is 4.90 Å². The van der Waals surface area contributed by atoms with Crippen LogP contribution in [0.2, 0.25) is 0 Å². The Morgan fingerprint density at radius 3 is 2.96 bits per heavy atom. The smallest absolute Gasteiger partial charge is 0.293 e. The number of carbonyl (C=O) groups excluding carboxylic acids is 4. The Balaban J connectivity index is 1.90. The molecule has 0 aromatic carbocycles. The number of thioether (sulfide) groups is 1. The minimum Gasteiger partial charge on any atom is -0.543 e. The molecular formula is C15H17N5O6S. The highest BCUT2D eigenvalue weighted by atomic mass is 32.2. The average molecular weight is 395 g/mol. The molecule has 3 N–H and O–H groups in total. The van der Waals surface area contributed by atoms with E-state index < -0.39 is 23.3 Å². The lowest BCUT2D eigenvalue weighted by Gasteiger charge is -2.49. The number of β-lactam (4-membered cyclic amide) rings is 1. The van der Waals surface area contributed by atoms with Gasteiger partial charge in [0.1, 0.15) is 24.6 Å². The Bertz CT molecular complexity index is 822. The van der Waals surface area contributed by atoms with Crippen molar-refractivity contribution in [3.8, 4) is 0 Å². The summed E-state index contributed by atoms with van der Waals surface area (Å²) in [4.78, 5) is 45.9. The molecule has 144 valence electrons. The molecular weight excluding hydrogens is 378 g/mol. The highest BCUT2D eigenvalue weighted by molar-refractivity contribution is 8.00. The fourth-order valence-corrected chi connectivity index (χ4v) is 4.39. The van der Waals surface area contributed by atoms with E-state index in [4.69, 9.17) is 10.5 Å². The van der Waals surface area contributed by atoms with E-state index in [1.54, 1.807) is 21.6 Å². The second-order valence-corrected chi connectivity index (χ2v) is 6.93. The molecule has 1 aromatic heterocycles. The van der Waals surface area contributed by atoms with Gasteiger partial charge in [-0.3, -0.25) is 19.3 Å². The molecule has 11 nitrogen and oxygen atoms in total. The summed E-state index contributed by atoms with van der Waals surface area (Å²) in [5, 5.41) is 13.8. The van der Waals surface area contributed by atoms with Crippen LogP contribution in [-0.2, 0) is 37.0 Å². The van der Waals surface area contributed by atoms with Gasteiger partial charge in [-0.05, 0) is 0 Å². The van der Waals surface area contributed by atoms with Gasteiger partial charge in [0.05, 0.1) is 17.7 Å². The van der Waals surface area contributed by atoms with Gasteiger partial charge in [0, 0.05) is 11.3 Å². The normalized spacial score (nSPS) is 21.4. The molecule has 0 saturated carbocycles. The van der Waals surface area contributed by atoms with Crippen LogP contribution in [0.5, 0.6) is 0 Å². The van der Waals surface area contributed by atoms with E-state index in [-0.39, 0.29) is 25.4 Å². The number of aliphatic carboxylic acids is 1. The summed E-state index contributed by atoms with van der Waals surface area (Å²) in [7, 11) is 0. The van der Waals surface area contributed by atoms with Crippen LogP contribution in [0, 0.1) is 0 Å². The molecule has 2 aliphatic rings. The molecule has 12 heteroatoms. The van der Waals surface area contributed by atoms with E-state index >= 15 is 0 Å². The molecule has 27 heavy (non-hydrogen) atoms. The molecule has 2 amide bonds. The van der Waals surface area contributed by atoms with Crippen molar-refractivity contribution in [2.45, 2.75) is 24.5 Å². The zero-order valence-corrected chi connectivity index (χ0v) is 14.9. The quantitative estimate of drug-likeness (QED) is 0.192. The van der Waals surface area contributed by atoms with Gasteiger partial charge in [0.15, 0.2) is 18.6 Å². The number of carbonyl (C=O) groups is 4. The molecule has 2 atom stereocenters. The van der Waals surface area contributed by atoms with Crippen LogP contribution in [0.3, 0.4) is 0 Å². The van der Waals surface area contributed by atoms with Crippen LogP contribution in [0.4, 0.5) is 5.82 Å². The number of ether oxygens (including phenoxy) is 1. The second-order valence-electron chi connectivity index (χ2n) is 5.83. The lowest BCUT2D eigenvalue weighted by molar-refractivity contribution is -0.767. The van der Waals surface area contributed by atoms with E-state index in [1.165, 1.54) is 11.8 Å². The van der Waals surface area contributed by atoms with E-state index in [9.17, 15) is 24.3 Å². The summed E-state index contributed by atoms with van der Waals surface area (Å²) in [5.41, 5.74) is 6.04. The Morgan fingerprint density at radius 1 is 1.52 bits per heavy atom. The number of carboxylic acid groups (broad SMARTS) is 1. The van der Waals surface area contributed by atoms with Gasteiger partial charge in [-0.15, -0.1) is 21.1 Å². The molecule has 3 rings (SSSR count). The topological polar surface area (TPSA) is 151 Å². The average Bonchev–Trinajstić information content (AvgIpc) is 3.02. The number of nitrogens with two attached hydrogens (primary N) is 1. The van der Waals surface area contributed by atoms with E-state index in [2.05, 4.69) is 5.32 Å². The van der Waals surface area contributed by atoms with Crippen molar-refractivity contribution in [3.05, 3.63) is 23.5 Å². The number of nitrogens with one attached hydrogen (secondary N) is 1. The maximum absolute atomic E-state index is 12.0. The summed E-state index contributed by atoms with van der Waals surface area (Å²) < 4.78 is 7.97. The standard InChI is InChI=1S/C15H17N5O6S/c16-11-13(23)20-12(15(24)25)9(6-27-14(11)20)5-18-2-1-10(17-7-21)19(18)3-4-26-8-22/h1-2,7-8,11,14H,3-6,16H2,(H,24,25)/t11-,14-/m1/s1. The molecule has 3 heterocycles. The number of carboxylic acids is 1. The maximum Gasteiger partial charge on any atom is 0.293 e. The van der Waals surface area contributed by atoms with Crippen molar-refractivity contribution >= 4 is 42.3 Å². The molecule has 0 aliphatic carbocycles. The van der Waals surface area contributed by atoms with Gasteiger partial charge >= 0.3 is 0 Å². The molecule has 1 aromatic rings. The third kappa shape index (κ3) is 3.40. The highest BCUT2D eigenvalue weighted by Gasteiger charge is 2.50. The summed E-state index contributed by atoms with van der Waals surface area (Å²) in [6, 6.07) is 0.907. The minimum absolute atomic E-state index is 0.0639. The van der Waals surface area contributed by atoms with Crippen LogP contribution in [0.15, 0.2) is 23.5 Å². The number of rotatable bonds is 9. The largest absolute Gasteiger partial charge is 0.543 e. The molecule has 2 aliphatic heterocycles.